The standard InChI is InChI=1S/C19H29NO4S/c1-15(2)12-17-13-19(8-10-23-17)14-20(9-11-24-19)25(21,22)18-6-4-16(3)5-7-18/h4-7,15,17H,8-14H2,1-3H3/t17-,19-/m0/s1. The lowest BCUT2D eigenvalue weighted by Gasteiger charge is -2.46. The van der Waals surface area contributed by atoms with Crippen LogP contribution in [0.5, 0.6) is 0 Å². The molecule has 0 radical (unpaired) electrons. The van der Waals surface area contributed by atoms with Gasteiger partial charge in [-0.1, -0.05) is 31.5 Å². The molecule has 140 valence electrons. The smallest absolute Gasteiger partial charge is 0.243 e. The first-order valence-corrected chi connectivity index (χ1v) is 10.6. The van der Waals surface area contributed by atoms with Gasteiger partial charge in [0.05, 0.1) is 23.2 Å². The Bertz CT molecular complexity index is 682. The Morgan fingerprint density at radius 3 is 2.64 bits per heavy atom. The topological polar surface area (TPSA) is 55.8 Å². The lowest BCUT2D eigenvalue weighted by molar-refractivity contribution is -0.164. The molecule has 5 nitrogen and oxygen atoms in total. The van der Waals surface area contributed by atoms with Crippen LogP contribution in [0.1, 0.15) is 38.7 Å². The minimum atomic E-state index is -3.48. The molecule has 2 aliphatic rings. The number of nitrogens with zero attached hydrogens (tertiary/aromatic N) is 1. The molecule has 0 amide bonds. The predicted octanol–water partition coefficient (Wildman–Crippen LogP) is 2.98. The summed E-state index contributed by atoms with van der Waals surface area (Å²) in [5.41, 5.74) is 0.645. The monoisotopic (exact) mass is 367 g/mol. The second kappa shape index (κ2) is 7.35. The van der Waals surface area contributed by atoms with E-state index in [1.165, 1.54) is 0 Å². The molecule has 6 heteroatoms. The third kappa shape index (κ3) is 4.25. The van der Waals surface area contributed by atoms with E-state index < -0.39 is 15.6 Å². The first-order chi connectivity index (χ1) is 11.8. The predicted molar refractivity (Wildman–Crippen MR) is 97.0 cm³/mol. The highest BCUT2D eigenvalue weighted by Gasteiger charge is 2.44. The maximum atomic E-state index is 13.0. The molecule has 2 saturated heterocycles. The van der Waals surface area contributed by atoms with Crippen molar-refractivity contribution in [2.24, 2.45) is 5.92 Å². The Morgan fingerprint density at radius 2 is 1.96 bits per heavy atom. The minimum absolute atomic E-state index is 0.149. The number of hydrogen-bond donors (Lipinski definition) is 0. The fourth-order valence-electron chi connectivity index (χ4n) is 3.81. The van der Waals surface area contributed by atoms with Gasteiger partial charge in [-0.25, -0.2) is 8.42 Å². The maximum Gasteiger partial charge on any atom is 0.243 e. The number of ether oxygens (including phenoxy) is 2. The zero-order valence-corrected chi connectivity index (χ0v) is 16.2. The Labute approximate surface area is 151 Å². The molecule has 2 fully saturated rings. The SMILES string of the molecule is Cc1ccc(S(=O)(=O)N2CCO[C@]3(CCO[C@@H](CC(C)C)C3)C2)cc1. The molecule has 1 aromatic carbocycles. The molecular formula is C19H29NO4S. The van der Waals surface area contributed by atoms with E-state index in [0.717, 1.165) is 24.8 Å². The van der Waals surface area contributed by atoms with Crippen LogP contribution in [0.3, 0.4) is 0 Å². The zero-order chi connectivity index (χ0) is 18.1. The van der Waals surface area contributed by atoms with Crippen molar-refractivity contribution in [1.29, 1.82) is 0 Å². The second-order valence-corrected chi connectivity index (χ2v) is 9.70. The zero-order valence-electron chi connectivity index (χ0n) is 15.4. The van der Waals surface area contributed by atoms with Crippen LogP contribution in [0.25, 0.3) is 0 Å². The lowest BCUT2D eigenvalue weighted by atomic mass is 9.86. The highest BCUT2D eigenvalue weighted by molar-refractivity contribution is 7.89. The summed E-state index contributed by atoms with van der Waals surface area (Å²) in [5, 5.41) is 0. The number of aryl methyl sites for hydroxylation is 1. The van der Waals surface area contributed by atoms with Gasteiger partial charge in [0.2, 0.25) is 10.0 Å². The molecule has 0 N–H and O–H groups in total. The Morgan fingerprint density at radius 1 is 1.24 bits per heavy atom. The van der Waals surface area contributed by atoms with Crippen LogP contribution < -0.4 is 0 Å². The first-order valence-electron chi connectivity index (χ1n) is 9.13. The van der Waals surface area contributed by atoms with Crippen molar-refractivity contribution in [3.8, 4) is 0 Å². The van der Waals surface area contributed by atoms with Gasteiger partial charge in [-0.05, 0) is 31.4 Å². The summed E-state index contributed by atoms with van der Waals surface area (Å²) in [6.45, 7) is 8.22. The highest BCUT2D eigenvalue weighted by atomic mass is 32.2. The van der Waals surface area contributed by atoms with Crippen molar-refractivity contribution in [2.45, 2.75) is 56.6 Å². The maximum absolute atomic E-state index is 13.0. The highest BCUT2D eigenvalue weighted by Crippen LogP contribution is 2.35. The van der Waals surface area contributed by atoms with Crippen molar-refractivity contribution in [3.63, 3.8) is 0 Å². The third-order valence-corrected chi connectivity index (χ3v) is 6.98. The van der Waals surface area contributed by atoms with Crippen LogP contribution in [0.15, 0.2) is 29.2 Å². The molecule has 1 spiro atoms. The quantitative estimate of drug-likeness (QED) is 0.821. The van der Waals surface area contributed by atoms with Crippen molar-refractivity contribution in [1.82, 2.24) is 4.31 Å². The van der Waals surface area contributed by atoms with Gasteiger partial charge in [0.1, 0.15) is 0 Å². The third-order valence-electron chi connectivity index (χ3n) is 5.12. The van der Waals surface area contributed by atoms with Crippen molar-refractivity contribution in [2.75, 3.05) is 26.3 Å². The second-order valence-electron chi connectivity index (χ2n) is 7.76. The Kier molecular flexibility index (Phi) is 5.54. The molecule has 0 unspecified atom stereocenters. The van der Waals surface area contributed by atoms with Crippen LogP contribution in [0.2, 0.25) is 0 Å². The number of morpholine rings is 1. The Hall–Kier alpha value is -0.950. The normalized spacial score (nSPS) is 28.6. The molecule has 0 aromatic heterocycles. The number of hydrogen-bond acceptors (Lipinski definition) is 4. The van der Waals surface area contributed by atoms with Crippen LogP contribution in [-0.2, 0) is 19.5 Å². The molecule has 2 heterocycles. The summed E-state index contributed by atoms with van der Waals surface area (Å²) in [4.78, 5) is 0.362. The molecule has 3 rings (SSSR count). The summed E-state index contributed by atoms with van der Waals surface area (Å²) in [7, 11) is -3.48. The van der Waals surface area contributed by atoms with Crippen molar-refractivity contribution < 1.29 is 17.9 Å². The van der Waals surface area contributed by atoms with Crippen LogP contribution in [0, 0.1) is 12.8 Å². The Balaban J connectivity index is 1.77. The summed E-state index contributed by atoms with van der Waals surface area (Å²) in [5.74, 6) is 0.552. The van der Waals surface area contributed by atoms with Gasteiger partial charge >= 0.3 is 0 Å². The van der Waals surface area contributed by atoms with E-state index in [1.807, 2.05) is 19.1 Å². The molecule has 0 bridgehead atoms. The van der Waals surface area contributed by atoms with E-state index in [-0.39, 0.29) is 6.10 Å². The van der Waals surface area contributed by atoms with Crippen molar-refractivity contribution >= 4 is 10.0 Å². The molecule has 2 atom stereocenters. The van der Waals surface area contributed by atoms with E-state index in [4.69, 9.17) is 9.47 Å². The fourth-order valence-corrected chi connectivity index (χ4v) is 5.31. The average Bonchev–Trinajstić information content (AvgIpc) is 2.55. The largest absolute Gasteiger partial charge is 0.378 e. The number of rotatable bonds is 4. The van der Waals surface area contributed by atoms with Crippen LogP contribution in [-0.4, -0.2) is 50.7 Å². The van der Waals surface area contributed by atoms with Gasteiger partial charge in [-0.2, -0.15) is 4.31 Å². The summed E-state index contributed by atoms with van der Waals surface area (Å²) < 4.78 is 39.6. The molecule has 0 saturated carbocycles. The van der Waals surface area contributed by atoms with Gasteiger partial charge in [0, 0.05) is 32.5 Å². The molecule has 25 heavy (non-hydrogen) atoms. The van der Waals surface area contributed by atoms with Crippen molar-refractivity contribution in [3.05, 3.63) is 29.8 Å². The van der Waals surface area contributed by atoms with Gasteiger partial charge in [0.15, 0.2) is 0 Å². The van der Waals surface area contributed by atoms with Gasteiger partial charge < -0.3 is 9.47 Å². The minimum Gasteiger partial charge on any atom is -0.378 e. The fraction of sp³-hybridized carbons (Fsp3) is 0.684. The van der Waals surface area contributed by atoms with E-state index >= 15 is 0 Å². The lowest BCUT2D eigenvalue weighted by Crippen LogP contribution is -2.57. The van der Waals surface area contributed by atoms with Gasteiger partial charge in [0.25, 0.3) is 0 Å². The van der Waals surface area contributed by atoms with Crippen LogP contribution >= 0.6 is 0 Å². The first kappa shape index (κ1) is 18.8. The molecular weight excluding hydrogens is 338 g/mol. The molecule has 2 aliphatic heterocycles. The number of sulfonamides is 1. The average molecular weight is 368 g/mol. The molecule has 0 aliphatic carbocycles. The van der Waals surface area contributed by atoms with E-state index in [9.17, 15) is 8.42 Å². The van der Waals surface area contributed by atoms with E-state index in [2.05, 4.69) is 13.8 Å². The number of benzene rings is 1. The van der Waals surface area contributed by atoms with Gasteiger partial charge in [-0.15, -0.1) is 0 Å². The molecule has 1 aromatic rings. The summed E-state index contributed by atoms with van der Waals surface area (Å²) >= 11 is 0. The summed E-state index contributed by atoms with van der Waals surface area (Å²) in [6.07, 6.45) is 2.65. The summed E-state index contributed by atoms with van der Waals surface area (Å²) in [6, 6.07) is 7.07. The van der Waals surface area contributed by atoms with Gasteiger partial charge in [-0.3, -0.25) is 0 Å². The van der Waals surface area contributed by atoms with Crippen LogP contribution in [0.4, 0.5) is 0 Å². The van der Waals surface area contributed by atoms with E-state index in [1.54, 1.807) is 16.4 Å². The van der Waals surface area contributed by atoms with E-state index in [0.29, 0.717) is 37.1 Å².